The maximum Gasteiger partial charge on any atom is 0.264 e. The summed E-state index contributed by atoms with van der Waals surface area (Å²) in [6.45, 7) is 5.70. The number of carbonyl (C=O) groups is 2. The fourth-order valence-electron chi connectivity index (χ4n) is 4.18. The third-order valence-electron chi connectivity index (χ3n) is 6.31. The Balaban J connectivity index is 2.06. The van der Waals surface area contributed by atoms with Crippen molar-refractivity contribution in [1.82, 2.24) is 10.2 Å². The first-order valence-electron chi connectivity index (χ1n) is 12.6. The van der Waals surface area contributed by atoms with Crippen LogP contribution in [0.2, 0.25) is 0 Å². The molecule has 8 nitrogen and oxygen atoms in total. The highest BCUT2D eigenvalue weighted by Crippen LogP contribution is 2.27. The summed E-state index contributed by atoms with van der Waals surface area (Å²) in [6, 6.07) is 21.3. The molecule has 0 radical (unpaired) electrons. The van der Waals surface area contributed by atoms with Crippen LogP contribution in [0.5, 0.6) is 5.75 Å². The molecule has 0 bridgehead atoms. The number of methoxy groups -OCH3 is 1. The fraction of sp³-hybridized carbons (Fsp3) is 0.310. The van der Waals surface area contributed by atoms with Crippen molar-refractivity contribution in [3.63, 3.8) is 0 Å². The summed E-state index contributed by atoms with van der Waals surface area (Å²) in [5.74, 6) is -0.207. The zero-order valence-corrected chi connectivity index (χ0v) is 23.1. The lowest BCUT2D eigenvalue weighted by atomic mass is 10.1. The lowest BCUT2D eigenvalue weighted by Crippen LogP contribution is -2.52. The van der Waals surface area contributed by atoms with Crippen LogP contribution in [0.3, 0.4) is 0 Å². The molecule has 0 fully saturated rings. The van der Waals surface area contributed by atoms with Gasteiger partial charge in [0.1, 0.15) is 18.3 Å². The van der Waals surface area contributed by atoms with E-state index in [1.165, 1.54) is 24.1 Å². The molecule has 0 heterocycles. The van der Waals surface area contributed by atoms with Crippen LogP contribution >= 0.6 is 0 Å². The summed E-state index contributed by atoms with van der Waals surface area (Å²) in [5.41, 5.74) is 2.16. The molecule has 0 spiro atoms. The second-order valence-corrected chi connectivity index (χ2v) is 10.7. The number of benzene rings is 3. The summed E-state index contributed by atoms with van der Waals surface area (Å²) in [4.78, 5) is 28.5. The lowest BCUT2D eigenvalue weighted by Gasteiger charge is -2.33. The first kappa shape index (κ1) is 28.7. The molecule has 38 heavy (non-hydrogen) atoms. The number of nitrogens with zero attached hydrogens (tertiary/aromatic N) is 2. The highest BCUT2D eigenvalue weighted by atomic mass is 32.2. The van der Waals surface area contributed by atoms with E-state index in [2.05, 4.69) is 5.32 Å². The monoisotopic (exact) mass is 537 g/mol. The molecule has 0 unspecified atom stereocenters. The average molecular weight is 538 g/mol. The number of ether oxygens (including phenoxy) is 1. The van der Waals surface area contributed by atoms with E-state index in [-0.39, 0.29) is 17.3 Å². The van der Waals surface area contributed by atoms with E-state index in [1.54, 1.807) is 42.5 Å². The van der Waals surface area contributed by atoms with Crippen molar-refractivity contribution < 1.29 is 22.7 Å². The Morgan fingerprint density at radius 2 is 1.55 bits per heavy atom. The molecule has 1 atom stereocenters. The van der Waals surface area contributed by atoms with Crippen LogP contribution in [0.25, 0.3) is 0 Å². The first-order chi connectivity index (χ1) is 18.2. The number of amides is 2. The van der Waals surface area contributed by atoms with Crippen LogP contribution in [0.4, 0.5) is 5.69 Å². The number of hydrogen-bond acceptors (Lipinski definition) is 5. The normalized spacial score (nSPS) is 11.9. The van der Waals surface area contributed by atoms with Crippen molar-refractivity contribution in [1.29, 1.82) is 0 Å². The molecule has 9 heteroatoms. The summed E-state index contributed by atoms with van der Waals surface area (Å²) >= 11 is 0. The van der Waals surface area contributed by atoms with E-state index >= 15 is 0 Å². The predicted octanol–water partition coefficient (Wildman–Crippen LogP) is 4.14. The fourth-order valence-corrected chi connectivity index (χ4v) is 5.61. The maximum atomic E-state index is 14.0. The smallest absolute Gasteiger partial charge is 0.264 e. The van der Waals surface area contributed by atoms with Crippen molar-refractivity contribution in [3.8, 4) is 5.75 Å². The molecule has 0 aromatic heterocycles. The highest BCUT2D eigenvalue weighted by molar-refractivity contribution is 7.92. The largest absolute Gasteiger partial charge is 0.497 e. The summed E-state index contributed by atoms with van der Waals surface area (Å²) in [7, 11) is -2.58. The van der Waals surface area contributed by atoms with Crippen molar-refractivity contribution >= 4 is 27.5 Å². The van der Waals surface area contributed by atoms with Crippen LogP contribution in [0.1, 0.15) is 31.4 Å². The Hall–Kier alpha value is -3.85. The summed E-state index contributed by atoms with van der Waals surface area (Å²) < 4.78 is 33.9. The Kier molecular flexibility index (Phi) is 9.90. The Bertz CT molecular complexity index is 1330. The highest BCUT2D eigenvalue weighted by Gasteiger charge is 2.33. The van der Waals surface area contributed by atoms with Gasteiger partial charge in [-0.3, -0.25) is 13.9 Å². The molecule has 3 aromatic rings. The molecule has 0 aliphatic rings. The minimum atomic E-state index is -4.10. The number of hydrogen-bond donors (Lipinski definition) is 1. The molecule has 0 aliphatic carbocycles. The molecule has 3 rings (SSSR count). The Morgan fingerprint density at radius 1 is 0.921 bits per heavy atom. The van der Waals surface area contributed by atoms with Gasteiger partial charge < -0.3 is 15.0 Å². The molecule has 3 aromatic carbocycles. The van der Waals surface area contributed by atoms with Gasteiger partial charge in [-0.1, -0.05) is 49.4 Å². The van der Waals surface area contributed by atoms with Crippen molar-refractivity contribution in [2.75, 3.05) is 24.5 Å². The molecule has 0 aliphatic heterocycles. The Morgan fingerprint density at radius 3 is 2.13 bits per heavy atom. The number of carbonyl (C=O) groups excluding carboxylic acids is 2. The van der Waals surface area contributed by atoms with Crippen molar-refractivity contribution in [2.24, 2.45) is 0 Å². The molecular weight excluding hydrogens is 502 g/mol. The molecule has 0 saturated heterocycles. The molecular formula is C29H35N3O5S. The van der Waals surface area contributed by atoms with Crippen LogP contribution < -0.4 is 14.4 Å². The van der Waals surface area contributed by atoms with E-state index in [0.717, 1.165) is 15.4 Å². The predicted molar refractivity (Wildman–Crippen MR) is 148 cm³/mol. The average Bonchev–Trinajstić information content (AvgIpc) is 2.93. The van der Waals surface area contributed by atoms with Crippen LogP contribution in [-0.2, 0) is 26.2 Å². The standard InChI is InChI=1S/C29H35N3O5S/c1-5-27(29(34)30-6-2)31(20-23-13-11-10-12-22(23)3)28(33)21-32(24-16-18-25(37-4)19-17-24)38(35,36)26-14-8-7-9-15-26/h7-19,27H,5-6,20-21H2,1-4H3,(H,30,34)/t27-/m0/s1. The number of anilines is 1. The zero-order chi connectivity index (χ0) is 27.7. The van der Waals surface area contributed by atoms with Crippen molar-refractivity contribution in [3.05, 3.63) is 90.0 Å². The second-order valence-electron chi connectivity index (χ2n) is 8.79. The minimum absolute atomic E-state index is 0.0600. The van der Waals surface area contributed by atoms with Gasteiger partial charge in [0.15, 0.2) is 0 Å². The van der Waals surface area contributed by atoms with Gasteiger partial charge in [-0.05, 0) is 67.8 Å². The van der Waals surface area contributed by atoms with Gasteiger partial charge in [-0.2, -0.15) is 0 Å². The molecule has 202 valence electrons. The summed E-state index contributed by atoms with van der Waals surface area (Å²) in [5, 5.41) is 2.81. The number of rotatable bonds is 12. The van der Waals surface area contributed by atoms with Gasteiger partial charge >= 0.3 is 0 Å². The third-order valence-corrected chi connectivity index (χ3v) is 8.10. The SMILES string of the molecule is CCNC(=O)[C@H](CC)N(Cc1ccccc1C)C(=O)CN(c1ccc(OC)cc1)S(=O)(=O)c1ccccc1. The number of likely N-dealkylation sites (N-methyl/N-ethyl adjacent to an activating group) is 1. The number of aryl methyl sites for hydroxylation is 1. The lowest BCUT2D eigenvalue weighted by molar-refractivity contribution is -0.140. The Labute approximate surface area is 225 Å². The van der Waals surface area contributed by atoms with E-state index in [9.17, 15) is 18.0 Å². The van der Waals surface area contributed by atoms with Gasteiger partial charge in [0.05, 0.1) is 17.7 Å². The van der Waals surface area contributed by atoms with Gasteiger partial charge in [-0.15, -0.1) is 0 Å². The summed E-state index contributed by atoms with van der Waals surface area (Å²) in [6.07, 6.45) is 0.372. The molecule has 1 N–H and O–H groups in total. The van der Waals surface area contributed by atoms with Gasteiger partial charge in [0.2, 0.25) is 11.8 Å². The quantitative estimate of drug-likeness (QED) is 0.375. The minimum Gasteiger partial charge on any atom is -0.497 e. The van der Waals surface area contributed by atoms with Gasteiger partial charge in [0.25, 0.3) is 10.0 Å². The van der Waals surface area contributed by atoms with Crippen LogP contribution in [-0.4, -0.2) is 51.4 Å². The van der Waals surface area contributed by atoms with E-state index in [1.807, 2.05) is 45.0 Å². The topological polar surface area (TPSA) is 96.0 Å². The van der Waals surface area contributed by atoms with Gasteiger partial charge in [-0.25, -0.2) is 8.42 Å². The van der Waals surface area contributed by atoms with E-state index in [4.69, 9.17) is 4.74 Å². The molecule has 2 amide bonds. The van der Waals surface area contributed by atoms with E-state index < -0.39 is 28.5 Å². The van der Waals surface area contributed by atoms with Crippen LogP contribution in [0.15, 0.2) is 83.8 Å². The first-order valence-corrected chi connectivity index (χ1v) is 14.0. The van der Waals surface area contributed by atoms with Crippen molar-refractivity contribution in [2.45, 2.75) is 44.7 Å². The number of nitrogens with one attached hydrogen (secondary N) is 1. The molecule has 0 saturated carbocycles. The van der Waals surface area contributed by atoms with Gasteiger partial charge in [0, 0.05) is 13.1 Å². The maximum absolute atomic E-state index is 14.0. The number of sulfonamides is 1. The third kappa shape index (κ3) is 6.72. The second kappa shape index (κ2) is 13.1. The van der Waals surface area contributed by atoms with E-state index in [0.29, 0.717) is 24.4 Å². The van der Waals surface area contributed by atoms with Crippen LogP contribution in [0, 0.1) is 6.92 Å². The zero-order valence-electron chi connectivity index (χ0n) is 22.3.